The minimum Gasteiger partial charge on any atom is -0.360 e. The number of hydrogen-bond acceptors (Lipinski definition) is 5. The van der Waals surface area contributed by atoms with Crippen LogP contribution >= 0.6 is 0 Å². The summed E-state index contributed by atoms with van der Waals surface area (Å²) in [6.45, 7) is 5.51. The van der Waals surface area contributed by atoms with Gasteiger partial charge in [-0.25, -0.2) is 0 Å². The molecule has 4 atom stereocenters. The zero-order valence-corrected chi connectivity index (χ0v) is 18.0. The summed E-state index contributed by atoms with van der Waals surface area (Å²) in [4.78, 5) is 38.6. The van der Waals surface area contributed by atoms with Gasteiger partial charge in [0.25, 0.3) is 0 Å². The van der Waals surface area contributed by atoms with Gasteiger partial charge in [-0.1, -0.05) is 30.4 Å². The zero-order valence-electron chi connectivity index (χ0n) is 18.0. The molecule has 7 heteroatoms. The minimum atomic E-state index is -0.699. The highest BCUT2D eigenvalue weighted by atomic mass is 16.5. The first-order valence-corrected chi connectivity index (χ1v) is 10.6. The van der Waals surface area contributed by atoms with Crippen LogP contribution in [0, 0.1) is 25.7 Å². The molecule has 2 aromatic rings. The Morgan fingerprint density at radius 1 is 1.29 bits per heavy atom. The van der Waals surface area contributed by atoms with Crippen molar-refractivity contribution in [2.75, 3.05) is 13.6 Å². The van der Waals surface area contributed by atoms with E-state index in [1.807, 2.05) is 17.1 Å². The van der Waals surface area contributed by atoms with Crippen LogP contribution in [0.4, 0.5) is 0 Å². The van der Waals surface area contributed by atoms with E-state index in [1.54, 1.807) is 30.5 Å². The normalized spacial score (nSPS) is 28.3. The van der Waals surface area contributed by atoms with Crippen molar-refractivity contribution in [1.82, 2.24) is 19.8 Å². The van der Waals surface area contributed by atoms with Crippen LogP contribution in [-0.4, -0.2) is 56.9 Å². The van der Waals surface area contributed by atoms with Crippen LogP contribution in [0.25, 0.3) is 0 Å². The first-order valence-electron chi connectivity index (χ1n) is 10.6. The Bertz CT molecular complexity index is 1070. The molecule has 0 radical (unpaired) electrons. The van der Waals surface area contributed by atoms with Crippen molar-refractivity contribution in [1.29, 1.82) is 0 Å². The van der Waals surface area contributed by atoms with E-state index in [0.717, 1.165) is 5.56 Å². The highest BCUT2D eigenvalue weighted by Gasteiger charge is 2.67. The third kappa shape index (κ3) is 3.24. The number of hydrogen-bond donors (Lipinski definition) is 0. The molecule has 2 fully saturated rings. The molecular weight excluding hydrogens is 392 g/mol. The lowest BCUT2D eigenvalue weighted by molar-refractivity contribution is -0.142. The van der Waals surface area contributed by atoms with Gasteiger partial charge < -0.3 is 14.5 Å². The fourth-order valence-electron chi connectivity index (χ4n) is 5.10. The second-order valence-corrected chi connectivity index (χ2v) is 8.90. The summed E-state index contributed by atoms with van der Waals surface area (Å²) in [5.74, 6) is -1.08. The molecule has 4 heterocycles. The summed E-state index contributed by atoms with van der Waals surface area (Å²) in [5.41, 5.74) is 3.54. The van der Waals surface area contributed by atoms with Crippen molar-refractivity contribution in [3.8, 4) is 0 Å². The van der Waals surface area contributed by atoms with Gasteiger partial charge in [0.15, 0.2) is 0 Å². The molecule has 0 aliphatic carbocycles. The van der Waals surface area contributed by atoms with Gasteiger partial charge in [-0.3, -0.25) is 19.6 Å². The lowest BCUT2D eigenvalue weighted by Gasteiger charge is -2.27. The van der Waals surface area contributed by atoms with Crippen LogP contribution in [0.5, 0.6) is 0 Å². The molecule has 0 unspecified atom stereocenters. The Morgan fingerprint density at radius 3 is 2.87 bits per heavy atom. The number of aromatic nitrogens is 2. The maximum absolute atomic E-state index is 13.4. The van der Waals surface area contributed by atoms with Gasteiger partial charge in [-0.15, -0.1) is 0 Å². The zero-order chi connectivity index (χ0) is 21.8. The summed E-state index contributed by atoms with van der Waals surface area (Å²) < 4.78 is 6.25. The topological polar surface area (TPSA) is 75.6 Å². The third-order valence-electron chi connectivity index (χ3n) is 6.80. The van der Waals surface area contributed by atoms with Crippen molar-refractivity contribution in [3.63, 3.8) is 0 Å². The van der Waals surface area contributed by atoms with Gasteiger partial charge in [-0.2, -0.15) is 0 Å². The standard InChI is InChI=1S/C24H26N4O3/c1-15-4-5-17(10-16(15)2)12-28-14-24-7-6-19(31-24)20(21(24)23(28)30)22(29)27(3)13-18-11-25-8-9-26-18/h4-11,19-21H,12-14H2,1-3H3/t19-,20-,21+,24-/m0/s1. The average Bonchev–Trinajstić information content (AvgIpc) is 3.39. The smallest absolute Gasteiger partial charge is 0.230 e. The van der Waals surface area contributed by atoms with E-state index in [4.69, 9.17) is 4.74 Å². The summed E-state index contributed by atoms with van der Waals surface area (Å²) in [5, 5.41) is 0. The monoisotopic (exact) mass is 418 g/mol. The van der Waals surface area contributed by atoms with Gasteiger partial charge in [0.1, 0.15) is 5.60 Å². The van der Waals surface area contributed by atoms with E-state index in [2.05, 4.69) is 42.0 Å². The number of carbonyl (C=O) groups excluding carboxylic acids is 2. The number of amides is 2. The molecule has 3 aliphatic heterocycles. The fourth-order valence-corrected chi connectivity index (χ4v) is 5.10. The molecule has 2 bridgehead atoms. The summed E-state index contributed by atoms with van der Waals surface area (Å²) in [7, 11) is 1.74. The van der Waals surface area contributed by atoms with Gasteiger partial charge in [0, 0.05) is 26.0 Å². The highest BCUT2D eigenvalue weighted by molar-refractivity contribution is 5.93. The van der Waals surface area contributed by atoms with Crippen LogP contribution in [0.1, 0.15) is 22.4 Å². The molecule has 3 aliphatic rings. The summed E-state index contributed by atoms with van der Waals surface area (Å²) in [6.07, 6.45) is 8.45. The quantitative estimate of drug-likeness (QED) is 0.695. The van der Waals surface area contributed by atoms with Gasteiger partial charge in [0.05, 0.1) is 42.9 Å². The number of ether oxygens (including phenoxy) is 1. The fraction of sp³-hybridized carbons (Fsp3) is 0.417. The molecule has 2 amide bonds. The lowest BCUT2D eigenvalue weighted by Crippen LogP contribution is -2.44. The predicted octanol–water partition coefficient (Wildman–Crippen LogP) is 2.03. The van der Waals surface area contributed by atoms with Crippen LogP contribution in [0.15, 0.2) is 48.9 Å². The Balaban J connectivity index is 1.36. The molecule has 160 valence electrons. The highest BCUT2D eigenvalue weighted by Crippen LogP contribution is 2.52. The molecule has 7 nitrogen and oxygen atoms in total. The number of benzene rings is 1. The maximum Gasteiger partial charge on any atom is 0.230 e. The van der Waals surface area contributed by atoms with E-state index in [9.17, 15) is 9.59 Å². The molecule has 5 rings (SSSR count). The summed E-state index contributed by atoms with van der Waals surface area (Å²) >= 11 is 0. The largest absolute Gasteiger partial charge is 0.360 e. The molecule has 1 aromatic carbocycles. The van der Waals surface area contributed by atoms with E-state index in [-0.39, 0.29) is 17.9 Å². The number of fused-ring (bicyclic) bond motifs is 1. The van der Waals surface area contributed by atoms with Crippen LogP contribution in [0.3, 0.4) is 0 Å². The van der Waals surface area contributed by atoms with Crippen molar-refractivity contribution >= 4 is 11.8 Å². The summed E-state index contributed by atoms with van der Waals surface area (Å²) in [6, 6.07) is 6.27. The van der Waals surface area contributed by atoms with Gasteiger partial charge in [0.2, 0.25) is 11.8 Å². The number of nitrogens with zero attached hydrogens (tertiary/aromatic N) is 4. The van der Waals surface area contributed by atoms with Crippen LogP contribution < -0.4 is 0 Å². The van der Waals surface area contributed by atoms with Crippen molar-refractivity contribution in [2.24, 2.45) is 11.8 Å². The molecule has 31 heavy (non-hydrogen) atoms. The van der Waals surface area contributed by atoms with E-state index >= 15 is 0 Å². The maximum atomic E-state index is 13.4. The SMILES string of the molecule is Cc1ccc(CN2C[C@]34C=C[C@H](O3)[C@H](C(=O)N(C)Cc3cnccn3)[C@@H]4C2=O)cc1C. The number of aryl methyl sites for hydroxylation is 2. The van der Waals surface area contributed by atoms with Crippen molar-refractivity contribution in [2.45, 2.75) is 38.6 Å². The number of carbonyl (C=O) groups is 2. The second-order valence-electron chi connectivity index (χ2n) is 8.90. The Labute approximate surface area is 181 Å². The first-order chi connectivity index (χ1) is 14.9. The molecule has 1 aromatic heterocycles. The first kappa shape index (κ1) is 19.9. The minimum absolute atomic E-state index is 0.00340. The molecule has 0 N–H and O–H groups in total. The van der Waals surface area contributed by atoms with Crippen LogP contribution in [-0.2, 0) is 27.4 Å². The second kappa shape index (κ2) is 7.27. The van der Waals surface area contributed by atoms with Crippen LogP contribution in [0.2, 0.25) is 0 Å². The molecular formula is C24H26N4O3. The Hall–Kier alpha value is -3.06. The van der Waals surface area contributed by atoms with Gasteiger partial charge in [-0.05, 0) is 30.5 Å². The Kier molecular flexibility index (Phi) is 4.66. The molecule has 2 saturated heterocycles. The van der Waals surface area contributed by atoms with Crippen molar-refractivity contribution in [3.05, 3.63) is 71.3 Å². The van der Waals surface area contributed by atoms with E-state index < -0.39 is 17.4 Å². The Morgan fingerprint density at radius 2 is 2.13 bits per heavy atom. The number of likely N-dealkylation sites (tertiary alicyclic amines) is 1. The van der Waals surface area contributed by atoms with Gasteiger partial charge >= 0.3 is 0 Å². The van der Waals surface area contributed by atoms with E-state index in [1.165, 1.54) is 11.1 Å². The average molecular weight is 418 g/mol. The third-order valence-corrected chi connectivity index (χ3v) is 6.80. The van der Waals surface area contributed by atoms with Crippen molar-refractivity contribution < 1.29 is 14.3 Å². The molecule has 0 saturated carbocycles. The van der Waals surface area contributed by atoms with E-state index in [0.29, 0.717) is 25.3 Å². The lowest BCUT2D eigenvalue weighted by atomic mass is 9.76. The predicted molar refractivity (Wildman–Crippen MR) is 114 cm³/mol. The molecule has 1 spiro atoms. The number of rotatable bonds is 5.